The molecule has 1 aromatic heterocycles. The summed E-state index contributed by atoms with van der Waals surface area (Å²) < 4.78 is 0. The van der Waals surface area contributed by atoms with E-state index in [1.807, 2.05) is 11.3 Å². The highest BCUT2D eigenvalue weighted by Gasteiger charge is 2.26. The lowest BCUT2D eigenvalue weighted by Crippen LogP contribution is -2.39. The van der Waals surface area contributed by atoms with E-state index in [0.29, 0.717) is 5.41 Å². The van der Waals surface area contributed by atoms with Crippen molar-refractivity contribution in [3.05, 3.63) is 22.4 Å². The van der Waals surface area contributed by atoms with Crippen molar-refractivity contribution in [1.29, 1.82) is 0 Å². The summed E-state index contributed by atoms with van der Waals surface area (Å²) in [5.41, 5.74) is 0.356. The molecule has 0 amide bonds. The Kier molecular flexibility index (Phi) is 4.23. The molecule has 0 aromatic carbocycles. The minimum atomic E-state index is 0.356. The molecule has 96 valence electrons. The second-order valence-corrected chi connectivity index (χ2v) is 7.10. The van der Waals surface area contributed by atoms with Crippen LogP contribution in [0.2, 0.25) is 0 Å². The molecule has 1 aromatic rings. The van der Waals surface area contributed by atoms with Crippen LogP contribution >= 0.6 is 11.3 Å². The van der Waals surface area contributed by atoms with Gasteiger partial charge in [0.1, 0.15) is 0 Å². The molecule has 2 nitrogen and oxygen atoms in total. The first kappa shape index (κ1) is 13.1. The van der Waals surface area contributed by atoms with E-state index < -0.39 is 0 Å². The SMILES string of the molecule is CN(Cc1cccs1)CC(C)(C)CNC1CC1. The number of hydrogen-bond acceptors (Lipinski definition) is 3. The molecule has 0 atom stereocenters. The Morgan fingerprint density at radius 2 is 2.24 bits per heavy atom. The maximum absolute atomic E-state index is 3.64. The monoisotopic (exact) mass is 252 g/mol. The predicted molar refractivity (Wildman–Crippen MR) is 75.5 cm³/mol. The van der Waals surface area contributed by atoms with Crippen molar-refractivity contribution >= 4 is 11.3 Å². The Hall–Kier alpha value is -0.380. The second-order valence-electron chi connectivity index (χ2n) is 6.07. The van der Waals surface area contributed by atoms with E-state index in [4.69, 9.17) is 0 Å². The Labute approximate surface area is 109 Å². The minimum absolute atomic E-state index is 0.356. The van der Waals surface area contributed by atoms with Crippen LogP contribution in [0.3, 0.4) is 0 Å². The van der Waals surface area contributed by atoms with Crippen LogP contribution < -0.4 is 5.32 Å². The fourth-order valence-corrected chi connectivity index (χ4v) is 3.00. The van der Waals surface area contributed by atoms with Crippen molar-refractivity contribution in [2.45, 2.75) is 39.3 Å². The van der Waals surface area contributed by atoms with Gasteiger partial charge in [-0.1, -0.05) is 19.9 Å². The summed E-state index contributed by atoms with van der Waals surface area (Å²) in [4.78, 5) is 3.89. The molecule has 0 unspecified atom stereocenters. The van der Waals surface area contributed by atoms with Gasteiger partial charge < -0.3 is 10.2 Å². The standard InChI is InChI=1S/C14H24N2S/c1-14(2,10-15-12-6-7-12)11-16(3)9-13-5-4-8-17-13/h4-5,8,12,15H,6-7,9-11H2,1-3H3. The van der Waals surface area contributed by atoms with Crippen molar-refractivity contribution in [2.24, 2.45) is 5.41 Å². The number of rotatable bonds is 7. The van der Waals surface area contributed by atoms with E-state index in [-0.39, 0.29) is 0 Å². The van der Waals surface area contributed by atoms with Crippen molar-refractivity contribution in [1.82, 2.24) is 10.2 Å². The highest BCUT2D eigenvalue weighted by Crippen LogP contribution is 2.23. The number of nitrogens with one attached hydrogen (secondary N) is 1. The normalized spacial score (nSPS) is 16.7. The van der Waals surface area contributed by atoms with Crippen LogP contribution in [0.5, 0.6) is 0 Å². The van der Waals surface area contributed by atoms with Crippen LogP contribution in [-0.4, -0.2) is 31.1 Å². The highest BCUT2D eigenvalue weighted by atomic mass is 32.1. The summed E-state index contributed by atoms with van der Waals surface area (Å²) >= 11 is 1.85. The second kappa shape index (κ2) is 5.51. The van der Waals surface area contributed by atoms with Gasteiger partial charge in [0.05, 0.1) is 0 Å². The molecule has 0 bridgehead atoms. The third-order valence-electron chi connectivity index (χ3n) is 3.15. The van der Waals surface area contributed by atoms with E-state index in [0.717, 1.165) is 25.7 Å². The molecule has 1 aliphatic carbocycles. The molecule has 1 fully saturated rings. The molecule has 0 spiro atoms. The molecular formula is C14H24N2S. The first-order valence-electron chi connectivity index (χ1n) is 6.49. The summed E-state index contributed by atoms with van der Waals surface area (Å²) in [5, 5.41) is 5.79. The first-order chi connectivity index (χ1) is 8.05. The molecule has 17 heavy (non-hydrogen) atoms. The zero-order chi connectivity index (χ0) is 12.3. The molecule has 0 saturated heterocycles. The summed E-state index contributed by atoms with van der Waals surface area (Å²) in [7, 11) is 2.22. The van der Waals surface area contributed by atoms with E-state index in [9.17, 15) is 0 Å². The minimum Gasteiger partial charge on any atom is -0.313 e. The van der Waals surface area contributed by atoms with Gasteiger partial charge in [0.25, 0.3) is 0 Å². The largest absolute Gasteiger partial charge is 0.313 e. The fourth-order valence-electron chi connectivity index (χ4n) is 2.22. The van der Waals surface area contributed by atoms with Crippen LogP contribution in [0.4, 0.5) is 0 Å². The van der Waals surface area contributed by atoms with Gasteiger partial charge in [-0.15, -0.1) is 11.3 Å². The Morgan fingerprint density at radius 1 is 1.47 bits per heavy atom. The average molecular weight is 252 g/mol. The molecular weight excluding hydrogens is 228 g/mol. The third kappa shape index (κ3) is 4.78. The van der Waals surface area contributed by atoms with Crippen molar-refractivity contribution in [2.75, 3.05) is 20.1 Å². The average Bonchev–Trinajstić information content (AvgIpc) is 2.94. The third-order valence-corrected chi connectivity index (χ3v) is 4.01. The number of thiophene rings is 1. The number of nitrogens with zero attached hydrogens (tertiary/aromatic N) is 1. The van der Waals surface area contributed by atoms with Crippen LogP contribution in [0, 0.1) is 5.41 Å². The summed E-state index contributed by atoms with van der Waals surface area (Å²) in [5.74, 6) is 0. The molecule has 1 saturated carbocycles. The van der Waals surface area contributed by atoms with Gasteiger partial charge in [0.15, 0.2) is 0 Å². The lowest BCUT2D eigenvalue weighted by atomic mass is 9.92. The highest BCUT2D eigenvalue weighted by molar-refractivity contribution is 7.09. The van der Waals surface area contributed by atoms with Crippen molar-refractivity contribution in [3.8, 4) is 0 Å². The first-order valence-corrected chi connectivity index (χ1v) is 7.37. The zero-order valence-electron chi connectivity index (χ0n) is 11.2. The summed E-state index contributed by atoms with van der Waals surface area (Å²) in [6.07, 6.45) is 2.75. The van der Waals surface area contributed by atoms with Gasteiger partial charge in [0.2, 0.25) is 0 Å². The summed E-state index contributed by atoms with van der Waals surface area (Å²) in [6, 6.07) is 5.17. The molecule has 1 N–H and O–H groups in total. The maximum atomic E-state index is 3.64. The maximum Gasteiger partial charge on any atom is 0.0325 e. The van der Waals surface area contributed by atoms with Crippen molar-refractivity contribution < 1.29 is 0 Å². The zero-order valence-corrected chi connectivity index (χ0v) is 12.0. The molecule has 2 rings (SSSR count). The Balaban J connectivity index is 1.73. The lowest BCUT2D eigenvalue weighted by Gasteiger charge is -2.30. The van der Waals surface area contributed by atoms with Crippen LogP contribution in [0.25, 0.3) is 0 Å². The molecule has 1 heterocycles. The van der Waals surface area contributed by atoms with Crippen LogP contribution in [0.1, 0.15) is 31.6 Å². The Bertz CT molecular complexity index is 328. The van der Waals surface area contributed by atoms with E-state index >= 15 is 0 Å². The molecule has 0 radical (unpaired) electrons. The predicted octanol–water partition coefficient (Wildman–Crippen LogP) is 2.96. The van der Waals surface area contributed by atoms with Gasteiger partial charge in [-0.3, -0.25) is 0 Å². The molecule has 0 aliphatic heterocycles. The Morgan fingerprint density at radius 3 is 2.82 bits per heavy atom. The van der Waals surface area contributed by atoms with Crippen LogP contribution in [-0.2, 0) is 6.54 Å². The van der Waals surface area contributed by atoms with E-state index in [1.165, 1.54) is 17.7 Å². The van der Waals surface area contributed by atoms with Gasteiger partial charge >= 0.3 is 0 Å². The quantitative estimate of drug-likeness (QED) is 0.802. The smallest absolute Gasteiger partial charge is 0.0325 e. The van der Waals surface area contributed by atoms with Gasteiger partial charge in [-0.25, -0.2) is 0 Å². The van der Waals surface area contributed by atoms with Gasteiger partial charge in [-0.05, 0) is 36.8 Å². The number of hydrogen-bond donors (Lipinski definition) is 1. The topological polar surface area (TPSA) is 15.3 Å². The van der Waals surface area contributed by atoms with E-state index in [2.05, 4.69) is 48.6 Å². The fraction of sp³-hybridized carbons (Fsp3) is 0.714. The van der Waals surface area contributed by atoms with Gasteiger partial charge in [0, 0.05) is 30.6 Å². The molecule has 3 heteroatoms. The van der Waals surface area contributed by atoms with Crippen molar-refractivity contribution in [3.63, 3.8) is 0 Å². The molecule has 1 aliphatic rings. The summed E-state index contributed by atoms with van der Waals surface area (Å²) in [6.45, 7) is 8.06. The van der Waals surface area contributed by atoms with Crippen LogP contribution in [0.15, 0.2) is 17.5 Å². The van der Waals surface area contributed by atoms with E-state index in [1.54, 1.807) is 0 Å². The lowest BCUT2D eigenvalue weighted by molar-refractivity contribution is 0.199. The van der Waals surface area contributed by atoms with Gasteiger partial charge in [-0.2, -0.15) is 0 Å².